The van der Waals surface area contributed by atoms with Gasteiger partial charge in [0.2, 0.25) is 5.65 Å². The lowest BCUT2D eigenvalue weighted by Crippen LogP contribution is -2.33. The van der Waals surface area contributed by atoms with Gasteiger partial charge < -0.3 is 20.7 Å². The minimum Gasteiger partial charge on any atom is -0.444 e. The monoisotopic (exact) mass is 537 g/mol. The zero-order valence-electron chi connectivity index (χ0n) is 22.0. The number of hydrogen-bond donors (Lipinski definition) is 3. The van der Waals surface area contributed by atoms with Crippen molar-refractivity contribution in [2.24, 2.45) is 0 Å². The topological polar surface area (TPSA) is 123 Å². The molecule has 3 N–H and O–H groups in total. The van der Waals surface area contributed by atoms with E-state index < -0.39 is 11.7 Å². The summed E-state index contributed by atoms with van der Waals surface area (Å²) in [4.78, 5) is 29.4. The van der Waals surface area contributed by atoms with E-state index >= 15 is 0 Å². The number of carbonyl (C=O) groups is 2. The first kappa shape index (κ1) is 27.1. The van der Waals surface area contributed by atoms with Gasteiger partial charge >= 0.3 is 6.09 Å². The quantitative estimate of drug-likeness (QED) is 0.260. The lowest BCUT2D eigenvalue weighted by Gasteiger charge is -2.19. The van der Waals surface area contributed by atoms with Gasteiger partial charge in [0.15, 0.2) is 5.82 Å². The smallest absolute Gasteiger partial charge is 0.407 e. The van der Waals surface area contributed by atoms with Crippen molar-refractivity contribution in [1.29, 1.82) is 0 Å². The number of carbonyl (C=O) groups excluding carboxylic acids is 2. The fourth-order valence-corrected chi connectivity index (χ4v) is 4.01. The Labute approximate surface area is 226 Å². The Kier molecular flexibility index (Phi) is 8.31. The van der Waals surface area contributed by atoms with Crippen molar-refractivity contribution in [3.05, 3.63) is 64.4 Å². The molecule has 0 saturated carbocycles. The highest BCUT2D eigenvalue weighted by Crippen LogP contribution is 2.23. The van der Waals surface area contributed by atoms with Gasteiger partial charge in [0.25, 0.3) is 5.91 Å². The summed E-state index contributed by atoms with van der Waals surface area (Å²) in [5.41, 5.74) is 3.01. The molecule has 38 heavy (non-hydrogen) atoms. The predicted molar refractivity (Wildman–Crippen MR) is 148 cm³/mol. The van der Waals surface area contributed by atoms with E-state index in [1.165, 1.54) is 0 Å². The molecule has 0 fully saturated rings. The van der Waals surface area contributed by atoms with Crippen LogP contribution >= 0.6 is 11.6 Å². The third-order valence-electron chi connectivity index (χ3n) is 5.68. The summed E-state index contributed by atoms with van der Waals surface area (Å²) in [7, 11) is 0. The van der Waals surface area contributed by atoms with Gasteiger partial charge in [-0.15, -0.1) is 10.2 Å². The Morgan fingerprint density at radius 3 is 2.47 bits per heavy atom. The summed E-state index contributed by atoms with van der Waals surface area (Å²) >= 11 is 5.94. The van der Waals surface area contributed by atoms with Crippen LogP contribution in [0, 0.1) is 6.92 Å². The molecule has 10 nitrogen and oxygen atoms in total. The predicted octanol–water partition coefficient (Wildman–Crippen LogP) is 4.89. The lowest BCUT2D eigenvalue weighted by molar-refractivity contribution is 0.0527. The minimum atomic E-state index is -0.521. The molecule has 2 aromatic carbocycles. The minimum absolute atomic E-state index is 0.198. The normalized spacial score (nSPS) is 11.5. The van der Waals surface area contributed by atoms with E-state index in [1.807, 2.05) is 50.3 Å². The molecule has 0 radical (unpaired) electrons. The second kappa shape index (κ2) is 11.6. The number of nitrogens with zero attached hydrogens (tertiary/aromatic N) is 4. The van der Waals surface area contributed by atoms with E-state index in [9.17, 15) is 9.59 Å². The van der Waals surface area contributed by atoms with Crippen molar-refractivity contribution < 1.29 is 14.3 Å². The summed E-state index contributed by atoms with van der Waals surface area (Å²) in [5.74, 6) is 1.10. The Morgan fingerprint density at radius 1 is 1.00 bits per heavy atom. The fourth-order valence-electron chi connectivity index (χ4n) is 3.88. The van der Waals surface area contributed by atoms with E-state index in [0.717, 1.165) is 29.7 Å². The first-order valence-corrected chi connectivity index (χ1v) is 12.9. The molecule has 2 heterocycles. The maximum atomic E-state index is 12.8. The van der Waals surface area contributed by atoms with Crippen molar-refractivity contribution in [2.75, 3.05) is 18.4 Å². The number of ether oxygens (including phenoxy) is 1. The molecule has 2 amide bonds. The van der Waals surface area contributed by atoms with Crippen molar-refractivity contribution in [3.8, 4) is 0 Å². The molecule has 11 heteroatoms. The molecule has 0 aliphatic carbocycles. The van der Waals surface area contributed by atoms with Crippen LogP contribution in [-0.4, -0.2) is 50.3 Å². The third-order valence-corrected chi connectivity index (χ3v) is 5.93. The standard InChI is InChI=1S/C27H32ClN7O3/c1-17-33-34-24-23(29-13-5-6-14-30-26(37)38-27(2,3)4)32-21-15-19(9-12-22(21)35(17)24)25(36)31-16-18-7-10-20(28)11-8-18/h7-12,15H,5-6,13-14,16H2,1-4H3,(H,29,32)(H,30,37)(H,31,36). The SMILES string of the molecule is Cc1nnc2c(NCCCCNC(=O)OC(C)(C)C)nc3cc(C(=O)NCc4ccc(Cl)cc4)ccc3n12. The lowest BCUT2D eigenvalue weighted by atomic mass is 10.1. The molecular weight excluding hydrogens is 506 g/mol. The van der Waals surface area contributed by atoms with E-state index in [2.05, 4.69) is 26.1 Å². The molecule has 200 valence electrons. The Bertz CT molecular complexity index is 1450. The summed E-state index contributed by atoms with van der Waals surface area (Å²) in [6.07, 6.45) is 1.14. The molecule has 0 bridgehead atoms. The zero-order chi connectivity index (χ0) is 27.3. The Morgan fingerprint density at radius 2 is 1.74 bits per heavy atom. The highest BCUT2D eigenvalue weighted by Gasteiger charge is 2.16. The number of aryl methyl sites for hydroxylation is 1. The highest BCUT2D eigenvalue weighted by molar-refractivity contribution is 6.30. The number of unbranched alkanes of at least 4 members (excludes halogenated alkanes) is 1. The average Bonchev–Trinajstić information content (AvgIpc) is 3.26. The van der Waals surface area contributed by atoms with E-state index in [-0.39, 0.29) is 5.91 Å². The number of rotatable bonds is 9. The second-order valence-electron chi connectivity index (χ2n) is 9.94. The molecule has 0 atom stereocenters. The van der Waals surface area contributed by atoms with Crippen LogP contribution in [0.1, 0.15) is 55.4 Å². The molecule has 4 aromatic rings. The van der Waals surface area contributed by atoms with Crippen LogP contribution in [0.3, 0.4) is 0 Å². The van der Waals surface area contributed by atoms with Crippen molar-refractivity contribution in [1.82, 2.24) is 30.2 Å². The van der Waals surface area contributed by atoms with Gasteiger partial charge in [-0.05, 0) is 76.4 Å². The number of nitrogens with one attached hydrogen (secondary N) is 3. The van der Waals surface area contributed by atoms with Gasteiger partial charge in [-0.3, -0.25) is 9.20 Å². The molecule has 0 saturated heterocycles. The molecule has 2 aromatic heterocycles. The summed E-state index contributed by atoms with van der Waals surface area (Å²) < 4.78 is 7.17. The number of amides is 2. The van der Waals surface area contributed by atoms with Crippen molar-refractivity contribution in [3.63, 3.8) is 0 Å². The van der Waals surface area contributed by atoms with E-state index in [1.54, 1.807) is 24.3 Å². The number of benzene rings is 2. The fraction of sp³-hybridized carbons (Fsp3) is 0.370. The van der Waals surface area contributed by atoms with Gasteiger partial charge in [0.05, 0.1) is 11.0 Å². The Hall–Kier alpha value is -3.92. The summed E-state index contributed by atoms with van der Waals surface area (Å²) in [6.45, 7) is 8.89. The molecule has 0 spiro atoms. The molecule has 0 aliphatic heterocycles. The van der Waals surface area contributed by atoms with Gasteiger partial charge in [0.1, 0.15) is 11.4 Å². The van der Waals surface area contributed by atoms with Gasteiger partial charge in [-0.1, -0.05) is 23.7 Å². The first-order chi connectivity index (χ1) is 18.1. The molecular formula is C27H32ClN7O3. The highest BCUT2D eigenvalue weighted by atomic mass is 35.5. The maximum absolute atomic E-state index is 12.8. The molecule has 4 rings (SSSR count). The van der Waals surface area contributed by atoms with Crippen LogP contribution in [0.5, 0.6) is 0 Å². The third kappa shape index (κ3) is 6.89. The number of fused-ring (bicyclic) bond motifs is 3. The summed E-state index contributed by atoms with van der Waals surface area (Å²) in [6, 6.07) is 12.7. The average molecular weight is 538 g/mol. The number of alkyl carbamates (subject to hydrolysis) is 1. The largest absolute Gasteiger partial charge is 0.444 e. The second-order valence-corrected chi connectivity index (χ2v) is 10.4. The molecule has 0 aliphatic rings. The summed E-state index contributed by atoms with van der Waals surface area (Å²) in [5, 5.41) is 18.2. The zero-order valence-corrected chi connectivity index (χ0v) is 22.7. The van der Waals surface area contributed by atoms with Gasteiger partial charge in [-0.2, -0.15) is 0 Å². The first-order valence-electron chi connectivity index (χ1n) is 12.5. The number of anilines is 1. The number of hydrogen-bond acceptors (Lipinski definition) is 7. The number of aromatic nitrogens is 4. The number of halogens is 1. The van der Waals surface area contributed by atoms with Gasteiger partial charge in [-0.25, -0.2) is 9.78 Å². The van der Waals surface area contributed by atoms with Crippen LogP contribution in [0.25, 0.3) is 16.7 Å². The maximum Gasteiger partial charge on any atom is 0.407 e. The van der Waals surface area contributed by atoms with E-state index in [4.69, 9.17) is 21.3 Å². The van der Waals surface area contributed by atoms with Gasteiger partial charge in [0, 0.05) is 30.2 Å². The van der Waals surface area contributed by atoms with Crippen molar-refractivity contribution >= 4 is 46.1 Å². The van der Waals surface area contributed by atoms with Crippen LogP contribution in [0.15, 0.2) is 42.5 Å². The molecule has 0 unspecified atom stereocenters. The van der Waals surface area contributed by atoms with Crippen LogP contribution in [0.2, 0.25) is 5.02 Å². The van der Waals surface area contributed by atoms with Crippen molar-refractivity contribution in [2.45, 2.75) is 52.7 Å². The van der Waals surface area contributed by atoms with Crippen LogP contribution in [-0.2, 0) is 11.3 Å². The van der Waals surface area contributed by atoms with E-state index in [0.29, 0.717) is 47.2 Å². The van der Waals surface area contributed by atoms with Crippen LogP contribution < -0.4 is 16.0 Å². The Balaban J connectivity index is 1.42. The van der Waals surface area contributed by atoms with Crippen LogP contribution in [0.4, 0.5) is 10.6 Å².